The molecule has 3 N–H and O–H groups in total. The van der Waals surface area contributed by atoms with Crippen LogP contribution >= 0.6 is 11.3 Å². The van der Waals surface area contributed by atoms with E-state index in [4.69, 9.17) is 5.73 Å². The Bertz CT molecular complexity index is 436. The molecule has 2 aliphatic rings. The summed E-state index contributed by atoms with van der Waals surface area (Å²) in [7, 11) is 0. The minimum atomic E-state index is -0.0301. The van der Waals surface area contributed by atoms with Gasteiger partial charge in [-0.25, -0.2) is 4.98 Å². The van der Waals surface area contributed by atoms with Gasteiger partial charge in [0.1, 0.15) is 0 Å². The molecule has 2 atom stereocenters. The Morgan fingerprint density at radius 1 is 1.28 bits per heavy atom. The molecule has 98 valence electrons. The van der Waals surface area contributed by atoms with Crippen molar-refractivity contribution in [3.63, 3.8) is 0 Å². The van der Waals surface area contributed by atoms with E-state index in [-0.39, 0.29) is 17.9 Å². The molecule has 4 nitrogen and oxygen atoms in total. The topological polar surface area (TPSA) is 68.0 Å². The Hall–Kier alpha value is -0.940. The number of carbonyl (C=O) groups is 1. The summed E-state index contributed by atoms with van der Waals surface area (Å²) in [6.45, 7) is 0. The number of hydrogen-bond acceptors (Lipinski definition) is 4. The summed E-state index contributed by atoms with van der Waals surface area (Å²) in [5.41, 5.74) is 7.21. The number of nitrogens with two attached hydrogens (primary N) is 1. The quantitative estimate of drug-likeness (QED) is 0.860. The van der Waals surface area contributed by atoms with E-state index in [2.05, 4.69) is 10.3 Å². The SMILES string of the molecule is NC1CCCCC1C(=O)Nc1nc2c(s1)CCC2. The van der Waals surface area contributed by atoms with Crippen LogP contribution < -0.4 is 11.1 Å². The predicted octanol–water partition coefficient (Wildman–Crippen LogP) is 2.09. The lowest BCUT2D eigenvalue weighted by Gasteiger charge is -2.26. The third kappa shape index (κ3) is 2.29. The second-order valence-electron chi connectivity index (χ2n) is 5.29. The number of rotatable bonds is 2. The van der Waals surface area contributed by atoms with Gasteiger partial charge in [0.2, 0.25) is 5.91 Å². The van der Waals surface area contributed by atoms with Crippen LogP contribution in [-0.4, -0.2) is 16.9 Å². The second kappa shape index (κ2) is 4.97. The van der Waals surface area contributed by atoms with Crippen molar-refractivity contribution in [3.05, 3.63) is 10.6 Å². The minimum Gasteiger partial charge on any atom is -0.327 e. The minimum absolute atomic E-state index is 0.0190. The molecule has 0 bridgehead atoms. The van der Waals surface area contributed by atoms with Crippen molar-refractivity contribution >= 4 is 22.4 Å². The highest BCUT2D eigenvalue weighted by Gasteiger charge is 2.29. The highest BCUT2D eigenvalue weighted by molar-refractivity contribution is 7.15. The fourth-order valence-electron chi connectivity index (χ4n) is 2.93. The molecule has 0 saturated heterocycles. The van der Waals surface area contributed by atoms with Gasteiger partial charge in [0.05, 0.1) is 11.6 Å². The normalized spacial score (nSPS) is 26.9. The number of carbonyl (C=O) groups excluding carboxylic acids is 1. The smallest absolute Gasteiger partial charge is 0.230 e. The first-order valence-corrected chi connectivity index (χ1v) is 7.61. The zero-order valence-corrected chi connectivity index (χ0v) is 11.3. The summed E-state index contributed by atoms with van der Waals surface area (Å²) in [5.74, 6) is 0.0344. The van der Waals surface area contributed by atoms with Gasteiger partial charge in [-0.3, -0.25) is 4.79 Å². The Kier molecular flexibility index (Phi) is 3.35. The molecular weight excluding hydrogens is 246 g/mol. The van der Waals surface area contributed by atoms with Crippen LogP contribution in [0.5, 0.6) is 0 Å². The molecule has 1 heterocycles. The molecule has 1 saturated carbocycles. The Morgan fingerprint density at radius 2 is 2.11 bits per heavy atom. The lowest BCUT2D eigenvalue weighted by molar-refractivity contribution is -0.121. The number of aryl methyl sites for hydroxylation is 2. The van der Waals surface area contributed by atoms with Crippen molar-refractivity contribution in [2.45, 2.75) is 51.0 Å². The van der Waals surface area contributed by atoms with Crippen LogP contribution in [0, 0.1) is 5.92 Å². The van der Waals surface area contributed by atoms with Crippen LogP contribution in [0.25, 0.3) is 0 Å². The number of nitrogens with zero attached hydrogens (tertiary/aromatic N) is 1. The van der Waals surface area contributed by atoms with Gasteiger partial charge in [-0.05, 0) is 32.1 Å². The molecule has 18 heavy (non-hydrogen) atoms. The van der Waals surface area contributed by atoms with Crippen LogP contribution in [-0.2, 0) is 17.6 Å². The molecular formula is C13H19N3OS. The number of amides is 1. The number of fused-ring (bicyclic) bond motifs is 1. The first-order valence-electron chi connectivity index (χ1n) is 6.79. The zero-order chi connectivity index (χ0) is 12.5. The van der Waals surface area contributed by atoms with Gasteiger partial charge in [-0.2, -0.15) is 0 Å². The van der Waals surface area contributed by atoms with E-state index < -0.39 is 0 Å². The predicted molar refractivity (Wildman–Crippen MR) is 72.7 cm³/mol. The van der Waals surface area contributed by atoms with E-state index in [0.29, 0.717) is 0 Å². The van der Waals surface area contributed by atoms with Crippen molar-refractivity contribution in [2.24, 2.45) is 11.7 Å². The molecule has 3 rings (SSSR count). The van der Waals surface area contributed by atoms with Crippen molar-refractivity contribution in [1.29, 1.82) is 0 Å². The Balaban J connectivity index is 1.66. The third-order valence-electron chi connectivity index (χ3n) is 3.98. The lowest BCUT2D eigenvalue weighted by Crippen LogP contribution is -2.40. The summed E-state index contributed by atoms with van der Waals surface area (Å²) < 4.78 is 0. The largest absolute Gasteiger partial charge is 0.327 e. The molecule has 2 aliphatic carbocycles. The van der Waals surface area contributed by atoms with Crippen molar-refractivity contribution in [3.8, 4) is 0 Å². The second-order valence-corrected chi connectivity index (χ2v) is 6.37. The fraction of sp³-hybridized carbons (Fsp3) is 0.692. The Morgan fingerprint density at radius 3 is 2.89 bits per heavy atom. The summed E-state index contributed by atoms with van der Waals surface area (Å²) in [4.78, 5) is 18.0. The summed E-state index contributed by atoms with van der Waals surface area (Å²) in [6.07, 6.45) is 7.52. The van der Waals surface area contributed by atoms with E-state index >= 15 is 0 Å². The summed E-state index contributed by atoms with van der Waals surface area (Å²) >= 11 is 1.63. The number of anilines is 1. The summed E-state index contributed by atoms with van der Waals surface area (Å²) in [5, 5.41) is 3.73. The molecule has 2 unspecified atom stereocenters. The zero-order valence-electron chi connectivity index (χ0n) is 10.4. The van der Waals surface area contributed by atoms with Gasteiger partial charge in [0.15, 0.2) is 5.13 Å². The van der Waals surface area contributed by atoms with Crippen LogP contribution in [0.4, 0.5) is 5.13 Å². The average Bonchev–Trinajstić information content (AvgIpc) is 2.90. The van der Waals surface area contributed by atoms with Gasteiger partial charge in [-0.15, -0.1) is 11.3 Å². The number of hydrogen-bond donors (Lipinski definition) is 2. The van der Waals surface area contributed by atoms with Gasteiger partial charge < -0.3 is 11.1 Å². The maximum Gasteiger partial charge on any atom is 0.230 e. The van der Waals surface area contributed by atoms with Crippen molar-refractivity contribution < 1.29 is 4.79 Å². The number of thiazole rings is 1. The molecule has 0 aromatic carbocycles. The van der Waals surface area contributed by atoms with Crippen molar-refractivity contribution in [1.82, 2.24) is 4.98 Å². The maximum atomic E-state index is 12.2. The first kappa shape index (κ1) is 12.1. The number of aromatic nitrogens is 1. The third-order valence-corrected chi connectivity index (χ3v) is 5.05. The maximum absolute atomic E-state index is 12.2. The average molecular weight is 265 g/mol. The molecule has 1 fully saturated rings. The molecule has 5 heteroatoms. The molecule has 0 spiro atoms. The van der Waals surface area contributed by atoms with E-state index in [0.717, 1.165) is 43.7 Å². The molecule has 0 aliphatic heterocycles. The van der Waals surface area contributed by atoms with E-state index in [1.54, 1.807) is 11.3 Å². The highest BCUT2D eigenvalue weighted by Crippen LogP contribution is 2.31. The lowest BCUT2D eigenvalue weighted by atomic mass is 9.84. The van der Waals surface area contributed by atoms with Crippen molar-refractivity contribution in [2.75, 3.05) is 5.32 Å². The van der Waals surface area contributed by atoms with Gasteiger partial charge >= 0.3 is 0 Å². The first-order chi connectivity index (χ1) is 8.74. The van der Waals surface area contributed by atoms with Crippen LogP contribution in [0.15, 0.2) is 0 Å². The monoisotopic (exact) mass is 265 g/mol. The van der Waals surface area contributed by atoms with Gasteiger partial charge in [0.25, 0.3) is 0 Å². The molecule has 1 aromatic rings. The van der Waals surface area contributed by atoms with Crippen LogP contribution in [0.2, 0.25) is 0 Å². The van der Waals surface area contributed by atoms with Crippen LogP contribution in [0.1, 0.15) is 42.7 Å². The van der Waals surface area contributed by atoms with Gasteiger partial charge in [0, 0.05) is 10.9 Å². The summed E-state index contributed by atoms with van der Waals surface area (Å²) in [6, 6.07) is 0.0190. The molecule has 1 aromatic heterocycles. The van der Waals surface area contributed by atoms with E-state index in [1.807, 2.05) is 0 Å². The fourth-order valence-corrected chi connectivity index (χ4v) is 3.98. The van der Waals surface area contributed by atoms with E-state index in [1.165, 1.54) is 17.0 Å². The van der Waals surface area contributed by atoms with Gasteiger partial charge in [-0.1, -0.05) is 12.8 Å². The molecule has 0 radical (unpaired) electrons. The highest BCUT2D eigenvalue weighted by atomic mass is 32.1. The van der Waals surface area contributed by atoms with Crippen LogP contribution in [0.3, 0.4) is 0 Å². The Labute approximate surface area is 111 Å². The molecule has 1 amide bonds. The standard InChI is InChI=1S/C13H19N3OS/c14-9-5-2-1-4-8(9)12(17)16-13-15-10-6-3-7-11(10)18-13/h8-9H,1-7,14H2,(H,15,16,17). The van der Waals surface area contributed by atoms with E-state index in [9.17, 15) is 4.79 Å². The number of nitrogens with one attached hydrogen (secondary N) is 1.